The van der Waals surface area contributed by atoms with Crippen molar-refractivity contribution in [2.45, 2.75) is 13.8 Å². The van der Waals surface area contributed by atoms with Gasteiger partial charge >= 0.3 is 0 Å². The van der Waals surface area contributed by atoms with Crippen LogP contribution >= 0.6 is 23.2 Å². The fourth-order valence-corrected chi connectivity index (χ4v) is 1.78. The Hall–Kier alpha value is -1.39. The molecule has 0 saturated heterocycles. The molecule has 0 radical (unpaired) electrons. The average Bonchev–Trinajstić information content (AvgIpc) is 2.35. The topological polar surface area (TPSA) is 37.8 Å². The number of hydrogen-bond acceptors (Lipinski definition) is 3. The van der Waals surface area contributed by atoms with Crippen LogP contribution in [0.25, 0.3) is 0 Å². The molecule has 6 heteroatoms. The normalized spacial score (nSPS) is 10.5. The highest BCUT2D eigenvalue weighted by Crippen LogP contribution is 2.27. The van der Waals surface area contributed by atoms with E-state index in [1.807, 2.05) is 13.8 Å². The summed E-state index contributed by atoms with van der Waals surface area (Å²) in [6.45, 7) is 3.66. The molecule has 0 aliphatic rings. The molecule has 1 aromatic carbocycles. The first kappa shape index (κ1) is 13.1. The van der Waals surface area contributed by atoms with Gasteiger partial charge in [-0.2, -0.15) is 0 Å². The summed E-state index contributed by atoms with van der Waals surface area (Å²) in [6, 6.07) is 4.71. The summed E-state index contributed by atoms with van der Waals surface area (Å²) in [7, 11) is 0. The first-order valence-electron chi connectivity index (χ1n) is 5.21. The molecule has 2 aromatic rings. The predicted molar refractivity (Wildman–Crippen MR) is 71.2 cm³/mol. The molecule has 94 valence electrons. The SMILES string of the molecule is Cc1c(Cl)nnc(Nc2cccc(Cl)c2F)c1C. The fourth-order valence-electron chi connectivity index (χ4n) is 1.42. The molecule has 3 nitrogen and oxygen atoms in total. The molecule has 0 aliphatic carbocycles. The smallest absolute Gasteiger partial charge is 0.165 e. The number of halogens is 3. The van der Waals surface area contributed by atoms with Gasteiger partial charge in [-0.05, 0) is 37.1 Å². The Labute approximate surface area is 114 Å². The molecule has 2 rings (SSSR count). The lowest BCUT2D eigenvalue weighted by Crippen LogP contribution is -2.02. The standard InChI is InChI=1S/C12H10Cl2FN3/c1-6-7(2)12(18-17-11(6)14)16-9-5-3-4-8(13)10(9)15/h3-5H,1-2H3,(H,16,18). The Bertz CT molecular complexity index is 602. The molecule has 1 aromatic heterocycles. The predicted octanol–water partition coefficient (Wildman–Crippen LogP) is 4.28. The summed E-state index contributed by atoms with van der Waals surface area (Å²) in [6.07, 6.45) is 0. The van der Waals surface area contributed by atoms with E-state index in [1.165, 1.54) is 6.07 Å². The number of nitrogens with one attached hydrogen (secondary N) is 1. The molecule has 18 heavy (non-hydrogen) atoms. The van der Waals surface area contributed by atoms with Gasteiger partial charge in [0.25, 0.3) is 0 Å². The van der Waals surface area contributed by atoms with E-state index in [-0.39, 0.29) is 10.7 Å². The van der Waals surface area contributed by atoms with Crippen molar-refractivity contribution in [2.24, 2.45) is 0 Å². The molecule has 0 unspecified atom stereocenters. The van der Waals surface area contributed by atoms with Gasteiger partial charge < -0.3 is 5.32 Å². The van der Waals surface area contributed by atoms with Crippen LogP contribution in [0, 0.1) is 19.7 Å². The fraction of sp³-hybridized carbons (Fsp3) is 0.167. The minimum absolute atomic E-state index is 0.0521. The zero-order valence-electron chi connectivity index (χ0n) is 9.76. The van der Waals surface area contributed by atoms with E-state index in [0.717, 1.165) is 11.1 Å². The lowest BCUT2D eigenvalue weighted by atomic mass is 10.2. The maximum absolute atomic E-state index is 13.7. The van der Waals surface area contributed by atoms with Gasteiger partial charge in [0.15, 0.2) is 16.8 Å². The van der Waals surface area contributed by atoms with Crippen molar-refractivity contribution in [1.82, 2.24) is 10.2 Å². The van der Waals surface area contributed by atoms with E-state index >= 15 is 0 Å². The van der Waals surface area contributed by atoms with Gasteiger partial charge in [-0.1, -0.05) is 29.3 Å². The second-order valence-electron chi connectivity index (χ2n) is 3.82. The van der Waals surface area contributed by atoms with Crippen molar-refractivity contribution < 1.29 is 4.39 Å². The second-order valence-corrected chi connectivity index (χ2v) is 4.58. The highest BCUT2D eigenvalue weighted by Gasteiger charge is 2.11. The third-order valence-corrected chi connectivity index (χ3v) is 3.32. The van der Waals surface area contributed by atoms with Gasteiger partial charge in [-0.3, -0.25) is 0 Å². The van der Waals surface area contributed by atoms with E-state index in [2.05, 4.69) is 15.5 Å². The summed E-state index contributed by atoms with van der Waals surface area (Å²) < 4.78 is 13.7. The maximum atomic E-state index is 13.7. The summed E-state index contributed by atoms with van der Waals surface area (Å²) in [5, 5.41) is 10.9. The summed E-state index contributed by atoms with van der Waals surface area (Å²) >= 11 is 11.6. The molecule has 1 N–H and O–H groups in total. The molecule has 0 saturated carbocycles. The Balaban J connectivity index is 2.41. The van der Waals surface area contributed by atoms with Gasteiger partial charge in [-0.15, -0.1) is 10.2 Å². The highest BCUT2D eigenvalue weighted by atomic mass is 35.5. The Kier molecular flexibility index (Phi) is 3.68. The zero-order valence-corrected chi connectivity index (χ0v) is 11.3. The van der Waals surface area contributed by atoms with Gasteiger partial charge in [0.2, 0.25) is 0 Å². The first-order valence-corrected chi connectivity index (χ1v) is 5.96. The minimum atomic E-state index is -0.520. The number of aromatic nitrogens is 2. The molecule has 0 bridgehead atoms. The average molecular weight is 286 g/mol. The van der Waals surface area contributed by atoms with Gasteiger partial charge in [0.1, 0.15) is 0 Å². The molecular weight excluding hydrogens is 276 g/mol. The molecule has 0 aliphatic heterocycles. The van der Waals surface area contributed by atoms with E-state index in [1.54, 1.807) is 12.1 Å². The Morgan fingerprint density at radius 2 is 1.83 bits per heavy atom. The third-order valence-electron chi connectivity index (χ3n) is 2.67. The van der Waals surface area contributed by atoms with Crippen LogP contribution in [0.4, 0.5) is 15.9 Å². The summed E-state index contributed by atoms with van der Waals surface area (Å²) in [4.78, 5) is 0. The van der Waals surface area contributed by atoms with Crippen molar-refractivity contribution in [2.75, 3.05) is 5.32 Å². The van der Waals surface area contributed by atoms with Crippen LogP contribution < -0.4 is 5.32 Å². The number of anilines is 2. The largest absolute Gasteiger partial charge is 0.336 e. The van der Waals surface area contributed by atoms with Crippen LogP contribution in [-0.2, 0) is 0 Å². The quantitative estimate of drug-likeness (QED) is 0.895. The molecule has 0 atom stereocenters. The van der Waals surface area contributed by atoms with Crippen molar-refractivity contribution in [3.63, 3.8) is 0 Å². The Morgan fingerprint density at radius 1 is 1.11 bits per heavy atom. The van der Waals surface area contributed by atoms with Crippen molar-refractivity contribution >= 4 is 34.7 Å². The van der Waals surface area contributed by atoms with Gasteiger partial charge in [0.05, 0.1) is 10.7 Å². The van der Waals surface area contributed by atoms with Crippen LogP contribution in [0.5, 0.6) is 0 Å². The highest BCUT2D eigenvalue weighted by molar-refractivity contribution is 6.31. The van der Waals surface area contributed by atoms with Gasteiger partial charge in [0, 0.05) is 0 Å². The first-order chi connectivity index (χ1) is 8.50. The molecule has 0 fully saturated rings. The van der Waals surface area contributed by atoms with Crippen LogP contribution in [0.1, 0.15) is 11.1 Å². The van der Waals surface area contributed by atoms with Crippen LogP contribution in [0.15, 0.2) is 18.2 Å². The molecule has 1 heterocycles. The van der Waals surface area contributed by atoms with Crippen molar-refractivity contribution in [3.05, 3.63) is 45.3 Å². The van der Waals surface area contributed by atoms with Crippen LogP contribution in [-0.4, -0.2) is 10.2 Å². The van der Waals surface area contributed by atoms with Crippen LogP contribution in [0.3, 0.4) is 0 Å². The lowest BCUT2D eigenvalue weighted by molar-refractivity contribution is 0.632. The van der Waals surface area contributed by atoms with Crippen LogP contribution in [0.2, 0.25) is 10.2 Å². The third kappa shape index (κ3) is 2.40. The Morgan fingerprint density at radius 3 is 2.56 bits per heavy atom. The van der Waals surface area contributed by atoms with E-state index in [0.29, 0.717) is 11.0 Å². The van der Waals surface area contributed by atoms with Crippen molar-refractivity contribution in [3.8, 4) is 0 Å². The molecular formula is C12H10Cl2FN3. The lowest BCUT2D eigenvalue weighted by Gasteiger charge is -2.11. The number of benzene rings is 1. The van der Waals surface area contributed by atoms with Gasteiger partial charge in [-0.25, -0.2) is 4.39 Å². The molecule has 0 spiro atoms. The monoisotopic (exact) mass is 285 g/mol. The second kappa shape index (κ2) is 5.08. The summed E-state index contributed by atoms with van der Waals surface area (Å²) in [5.41, 5.74) is 1.87. The zero-order chi connectivity index (χ0) is 13.3. The maximum Gasteiger partial charge on any atom is 0.165 e. The minimum Gasteiger partial charge on any atom is -0.336 e. The van der Waals surface area contributed by atoms with Crippen molar-refractivity contribution in [1.29, 1.82) is 0 Å². The number of rotatable bonds is 2. The number of hydrogen-bond donors (Lipinski definition) is 1. The number of nitrogens with zero attached hydrogens (tertiary/aromatic N) is 2. The van der Waals surface area contributed by atoms with E-state index < -0.39 is 5.82 Å². The summed E-state index contributed by atoms with van der Waals surface area (Å²) in [5.74, 6) is -0.0639. The molecule has 0 amide bonds. The van der Waals surface area contributed by atoms with E-state index in [9.17, 15) is 4.39 Å². The van der Waals surface area contributed by atoms with E-state index in [4.69, 9.17) is 23.2 Å².